The Morgan fingerprint density at radius 3 is 2.59 bits per heavy atom. The van der Waals surface area contributed by atoms with Gasteiger partial charge in [-0.1, -0.05) is 35.9 Å². The first-order valence-electron chi connectivity index (χ1n) is 10.1. The number of aromatic nitrogens is 1. The first-order valence-corrected chi connectivity index (χ1v) is 10.5. The Morgan fingerprint density at radius 2 is 1.84 bits per heavy atom. The van der Waals surface area contributed by atoms with Gasteiger partial charge in [0.25, 0.3) is 0 Å². The molecule has 2 aromatic carbocycles. The summed E-state index contributed by atoms with van der Waals surface area (Å²) < 4.78 is 13.3. The molecular weight excluding hydrogens is 431 g/mol. The molecule has 162 valence electrons. The molecule has 0 fully saturated rings. The van der Waals surface area contributed by atoms with Gasteiger partial charge in [-0.2, -0.15) is 0 Å². The molecule has 0 radical (unpaired) electrons. The molecule has 8 heteroatoms. The van der Waals surface area contributed by atoms with Crippen LogP contribution in [0.3, 0.4) is 0 Å². The number of rotatable bonds is 6. The summed E-state index contributed by atoms with van der Waals surface area (Å²) in [6.07, 6.45) is 2.17. The van der Waals surface area contributed by atoms with E-state index in [1.165, 1.54) is 17.0 Å². The minimum atomic E-state index is -0.367. The number of hydrogen-bond acceptors (Lipinski definition) is 4. The first-order chi connectivity index (χ1) is 15.5. The lowest BCUT2D eigenvalue weighted by atomic mass is 10.1. The zero-order valence-electron chi connectivity index (χ0n) is 17.1. The van der Waals surface area contributed by atoms with Gasteiger partial charge in [-0.3, -0.25) is 14.5 Å². The Kier molecular flexibility index (Phi) is 6.56. The highest BCUT2D eigenvalue weighted by atomic mass is 35.5. The summed E-state index contributed by atoms with van der Waals surface area (Å²) in [5, 5.41) is 3.50. The van der Waals surface area contributed by atoms with Crippen LogP contribution in [-0.2, 0) is 16.0 Å². The Balaban J connectivity index is 1.46. The monoisotopic (exact) mass is 450 g/mol. The zero-order chi connectivity index (χ0) is 22.5. The minimum absolute atomic E-state index is 0.0277. The van der Waals surface area contributed by atoms with Crippen molar-refractivity contribution in [1.29, 1.82) is 0 Å². The quantitative estimate of drug-likeness (QED) is 0.614. The minimum Gasteiger partial charge on any atom is -0.354 e. The standard InChI is InChI=1S/C24H20ClFN4O2/c25-18-7-3-16(4-8-18)11-13-27-22(31)15-30-23(32)14-21(17-5-9-19(26)10-6-17)29-20-2-1-12-28-24(20)30/h1-10,12H,11,13-15H2,(H,27,31). The second-order valence-corrected chi connectivity index (χ2v) is 7.73. The van der Waals surface area contributed by atoms with Gasteiger partial charge in [-0.25, -0.2) is 14.4 Å². The van der Waals surface area contributed by atoms with Crippen LogP contribution >= 0.6 is 11.6 Å². The van der Waals surface area contributed by atoms with Gasteiger partial charge in [0.1, 0.15) is 18.0 Å². The number of halogens is 2. The summed E-state index contributed by atoms with van der Waals surface area (Å²) in [6, 6.07) is 16.7. The van der Waals surface area contributed by atoms with E-state index in [1.54, 1.807) is 42.6 Å². The third-order valence-corrected chi connectivity index (χ3v) is 5.28. The number of amides is 2. The van der Waals surface area contributed by atoms with Crippen LogP contribution in [0.25, 0.3) is 0 Å². The van der Waals surface area contributed by atoms with Crippen LogP contribution in [0.15, 0.2) is 71.9 Å². The molecule has 0 aliphatic carbocycles. The van der Waals surface area contributed by atoms with Gasteiger partial charge in [0.05, 0.1) is 12.1 Å². The summed E-state index contributed by atoms with van der Waals surface area (Å²) in [7, 11) is 0. The number of anilines is 1. The summed E-state index contributed by atoms with van der Waals surface area (Å²) in [6.45, 7) is 0.255. The van der Waals surface area contributed by atoms with E-state index in [4.69, 9.17) is 11.6 Å². The lowest BCUT2D eigenvalue weighted by Gasteiger charge is -2.20. The molecule has 2 heterocycles. The molecule has 1 aliphatic heterocycles. The van der Waals surface area contributed by atoms with Crippen molar-refractivity contribution in [3.63, 3.8) is 0 Å². The fourth-order valence-corrected chi connectivity index (χ4v) is 3.52. The molecule has 0 saturated carbocycles. The molecule has 0 spiro atoms. The fourth-order valence-electron chi connectivity index (χ4n) is 3.39. The fraction of sp³-hybridized carbons (Fsp3) is 0.167. The maximum atomic E-state index is 13.3. The third-order valence-electron chi connectivity index (χ3n) is 5.03. The number of benzene rings is 2. The first kappa shape index (κ1) is 21.6. The average Bonchev–Trinajstić information content (AvgIpc) is 2.92. The predicted molar refractivity (Wildman–Crippen MR) is 122 cm³/mol. The Morgan fingerprint density at radius 1 is 1.09 bits per heavy atom. The van der Waals surface area contributed by atoms with Crippen LogP contribution in [0.4, 0.5) is 15.9 Å². The number of nitrogens with zero attached hydrogens (tertiary/aromatic N) is 3. The zero-order valence-corrected chi connectivity index (χ0v) is 17.8. The number of carbonyl (C=O) groups is 2. The number of hydrogen-bond donors (Lipinski definition) is 1. The molecular formula is C24H20ClFN4O2. The normalized spacial score (nSPS) is 13.2. The van der Waals surface area contributed by atoms with Gasteiger partial charge in [0, 0.05) is 17.8 Å². The van der Waals surface area contributed by atoms with Crippen LogP contribution in [0.2, 0.25) is 5.02 Å². The van der Waals surface area contributed by atoms with Crippen LogP contribution in [-0.4, -0.2) is 35.6 Å². The van der Waals surface area contributed by atoms with Gasteiger partial charge in [0.2, 0.25) is 11.8 Å². The largest absolute Gasteiger partial charge is 0.354 e. The van der Waals surface area contributed by atoms with E-state index in [0.29, 0.717) is 40.8 Å². The molecule has 32 heavy (non-hydrogen) atoms. The summed E-state index contributed by atoms with van der Waals surface area (Å²) in [5.74, 6) is -0.650. The number of nitrogens with one attached hydrogen (secondary N) is 1. The molecule has 1 aliphatic rings. The van der Waals surface area contributed by atoms with Crippen LogP contribution in [0.5, 0.6) is 0 Å². The van der Waals surface area contributed by atoms with Crippen molar-refractivity contribution in [2.75, 3.05) is 18.0 Å². The second-order valence-electron chi connectivity index (χ2n) is 7.29. The van der Waals surface area contributed by atoms with E-state index in [-0.39, 0.29) is 30.6 Å². The van der Waals surface area contributed by atoms with E-state index in [9.17, 15) is 14.0 Å². The van der Waals surface area contributed by atoms with Crippen molar-refractivity contribution in [2.24, 2.45) is 4.99 Å². The molecule has 1 aromatic heterocycles. The van der Waals surface area contributed by atoms with E-state index < -0.39 is 0 Å². The molecule has 6 nitrogen and oxygen atoms in total. The van der Waals surface area contributed by atoms with E-state index in [0.717, 1.165) is 5.56 Å². The molecule has 0 atom stereocenters. The van der Waals surface area contributed by atoms with E-state index >= 15 is 0 Å². The van der Waals surface area contributed by atoms with Gasteiger partial charge in [-0.15, -0.1) is 0 Å². The van der Waals surface area contributed by atoms with Crippen molar-refractivity contribution in [2.45, 2.75) is 12.8 Å². The summed E-state index contributed by atoms with van der Waals surface area (Å²) >= 11 is 5.89. The molecule has 2 amide bonds. The lowest BCUT2D eigenvalue weighted by molar-refractivity contribution is -0.123. The Hall–Kier alpha value is -3.58. The summed E-state index contributed by atoms with van der Waals surface area (Å²) in [5.41, 5.74) is 2.66. The van der Waals surface area contributed by atoms with Gasteiger partial charge in [0.15, 0.2) is 5.82 Å². The predicted octanol–water partition coefficient (Wildman–Crippen LogP) is 4.09. The van der Waals surface area contributed by atoms with Gasteiger partial charge in [-0.05, 0) is 53.9 Å². The highest BCUT2D eigenvalue weighted by molar-refractivity contribution is 6.30. The second kappa shape index (κ2) is 9.70. The number of carbonyl (C=O) groups excluding carboxylic acids is 2. The van der Waals surface area contributed by atoms with Gasteiger partial charge < -0.3 is 5.32 Å². The molecule has 3 aromatic rings. The molecule has 4 rings (SSSR count). The number of fused-ring (bicyclic) bond motifs is 1. The van der Waals surface area contributed by atoms with Crippen LogP contribution < -0.4 is 10.2 Å². The summed E-state index contributed by atoms with van der Waals surface area (Å²) in [4.78, 5) is 35.8. The van der Waals surface area contributed by atoms with Crippen molar-refractivity contribution in [1.82, 2.24) is 10.3 Å². The SMILES string of the molecule is O=C(CN1C(=O)CC(c2ccc(F)cc2)=Nc2cccnc21)NCCc1ccc(Cl)cc1. The average molecular weight is 451 g/mol. The molecule has 0 bridgehead atoms. The Labute approximate surface area is 189 Å². The molecule has 1 N–H and O–H groups in total. The molecule has 0 unspecified atom stereocenters. The van der Waals surface area contributed by atoms with Crippen molar-refractivity contribution in [3.8, 4) is 0 Å². The maximum absolute atomic E-state index is 13.3. The maximum Gasteiger partial charge on any atom is 0.240 e. The number of pyridine rings is 1. The van der Waals surface area contributed by atoms with Crippen LogP contribution in [0, 0.1) is 5.82 Å². The van der Waals surface area contributed by atoms with Crippen molar-refractivity contribution in [3.05, 3.63) is 88.8 Å². The van der Waals surface area contributed by atoms with Crippen molar-refractivity contribution >= 4 is 40.6 Å². The smallest absolute Gasteiger partial charge is 0.240 e. The molecule has 0 saturated heterocycles. The van der Waals surface area contributed by atoms with E-state index in [2.05, 4.69) is 15.3 Å². The topological polar surface area (TPSA) is 74.7 Å². The van der Waals surface area contributed by atoms with Crippen molar-refractivity contribution < 1.29 is 14.0 Å². The lowest BCUT2D eigenvalue weighted by Crippen LogP contribution is -2.42. The number of aliphatic imine (C=N–C) groups is 1. The van der Waals surface area contributed by atoms with Crippen LogP contribution in [0.1, 0.15) is 17.5 Å². The third kappa shape index (κ3) is 5.18. The Bertz CT molecular complexity index is 1160. The van der Waals surface area contributed by atoms with E-state index in [1.807, 2.05) is 12.1 Å². The van der Waals surface area contributed by atoms with Gasteiger partial charge >= 0.3 is 0 Å². The highest BCUT2D eigenvalue weighted by Crippen LogP contribution is 2.30. The highest BCUT2D eigenvalue weighted by Gasteiger charge is 2.27.